The third-order valence-corrected chi connectivity index (χ3v) is 2.15. The Bertz CT molecular complexity index is 312. The SMILES string of the molecule is O=C(O)CC(O)C(NCP(=O)(O)O)C(=O)O. The van der Waals surface area contributed by atoms with Crippen LogP contribution in [0.3, 0.4) is 0 Å². The van der Waals surface area contributed by atoms with Crippen molar-refractivity contribution in [3.05, 3.63) is 0 Å². The van der Waals surface area contributed by atoms with Crippen LogP contribution in [0.2, 0.25) is 0 Å². The van der Waals surface area contributed by atoms with Crippen LogP contribution in [0.25, 0.3) is 0 Å². The van der Waals surface area contributed by atoms with Gasteiger partial charge in [-0.3, -0.25) is 19.5 Å². The first kappa shape index (κ1) is 15.0. The first-order chi connectivity index (χ1) is 7.13. The van der Waals surface area contributed by atoms with Gasteiger partial charge in [-0.2, -0.15) is 0 Å². The van der Waals surface area contributed by atoms with Gasteiger partial charge in [0.1, 0.15) is 6.04 Å². The monoisotopic (exact) mass is 257 g/mol. The predicted molar refractivity (Wildman–Crippen MR) is 49.7 cm³/mol. The Hall–Kier alpha value is -0.990. The van der Waals surface area contributed by atoms with Crippen LogP contribution in [0, 0.1) is 0 Å². The number of nitrogens with one attached hydrogen (secondary N) is 1. The largest absolute Gasteiger partial charge is 0.481 e. The maximum absolute atomic E-state index is 10.6. The number of aliphatic hydroxyl groups excluding tert-OH is 1. The number of hydrogen-bond acceptors (Lipinski definition) is 5. The second-order valence-electron chi connectivity index (χ2n) is 3.01. The molecule has 0 saturated carbocycles. The van der Waals surface area contributed by atoms with E-state index in [1.165, 1.54) is 0 Å². The number of rotatable bonds is 7. The van der Waals surface area contributed by atoms with Gasteiger partial charge in [0.15, 0.2) is 0 Å². The summed E-state index contributed by atoms with van der Waals surface area (Å²) in [5.41, 5.74) is 0. The molecule has 0 bridgehead atoms. The molecule has 2 atom stereocenters. The highest BCUT2D eigenvalue weighted by atomic mass is 31.2. The molecule has 0 aromatic heterocycles. The van der Waals surface area contributed by atoms with Gasteiger partial charge in [-0.1, -0.05) is 0 Å². The van der Waals surface area contributed by atoms with E-state index in [1.807, 2.05) is 5.32 Å². The Balaban J connectivity index is 4.44. The summed E-state index contributed by atoms with van der Waals surface area (Å²) >= 11 is 0. The Morgan fingerprint density at radius 2 is 1.75 bits per heavy atom. The average Bonchev–Trinajstić information content (AvgIpc) is 1.99. The molecule has 0 amide bonds. The summed E-state index contributed by atoms with van der Waals surface area (Å²) in [5, 5.41) is 28.0. The van der Waals surface area contributed by atoms with Crippen LogP contribution in [0.1, 0.15) is 6.42 Å². The fourth-order valence-electron chi connectivity index (χ4n) is 0.902. The van der Waals surface area contributed by atoms with E-state index in [9.17, 15) is 14.2 Å². The highest BCUT2D eigenvalue weighted by molar-refractivity contribution is 7.51. The van der Waals surface area contributed by atoms with Crippen LogP contribution in [0.5, 0.6) is 0 Å². The van der Waals surface area contributed by atoms with Crippen LogP contribution in [-0.2, 0) is 14.2 Å². The van der Waals surface area contributed by atoms with Gasteiger partial charge in [0, 0.05) is 0 Å². The number of aliphatic hydroxyl groups is 1. The lowest BCUT2D eigenvalue weighted by molar-refractivity contribution is -0.145. The normalized spacial score (nSPS) is 15.4. The highest BCUT2D eigenvalue weighted by Gasteiger charge is 2.29. The van der Waals surface area contributed by atoms with Gasteiger partial charge in [0.2, 0.25) is 0 Å². The zero-order valence-corrected chi connectivity index (χ0v) is 8.87. The van der Waals surface area contributed by atoms with Gasteiger partial charge in [0.05, 0.1) is 18.8 Å². The van der Waals surface area contributed by atoms with Crippen LogP contribution in [0.4, 0.5) is 0 Å². The van der Waals surface area contributed by atoms with E-state index in [-0.39, 0.29) is 0 Å². The Morgan fingerprint density at radius 1 is 1.25 bits per heavy atom. The minimum atomic E-state index is -4.47. The van der Waals surface area contributed by atoms with Crippen LogP contribution in [0.15, 0.2) is 0 Å². The van der Waals surface area contributed by atoms with Crippen molar-refractivity contribution < 1.29 is 39.3 Å². The van der Waals surface area contributed by atoms with E-state index in [0.717, 1.165) is 0 Å². The smallest absolute Gasteiger partial charge is 0.339 e. The molecule has 0 radical (unpaired) electrons. The maximum Gasteiger partial charge on any atom is 0.339 e. The zero-order valence-electron chi connectivity index (χ0n) is 7.98. The first-order valence-electron chi connectivity index (χ1n) is 4.04. The Labute approximate surface area is 89.9 Å². The molecule has 0 aliphatic rings. The fourth-order valence-corrected chi connectivity index (χ4v) is 1.34. The van der Waals surface area contributed by atoms with Crippen LogP contribution in [-0.4, -0.2) is 55.5 Å². The fraction of sp³-hybridized carbons (Fsp3) is 0.667. The van der Waals surface area contributed by atoms with Gasteiger partial charge in [-0.25, -0.2) is 0 Å². The topological polar surface area (TPSA) is 164 Å². The van der Waals surface area contributed by atoms with E-state index in [4.69, 9.17) is 25.1 Å². The lowest BCUT2D eigenvalue weighted by atomic mass is 10.1. The third kappa shape index (κ3) is 6.49. The highest BCUT2D eigenvalue weighted by Crippen LogP contribution is 2.32. The van der Waals surface area contributed by atoms with Crippen molar-refractivity contribution in [3.63, 3.8) is 0 Å². The number of carbonyl (C=O) groups is 2. The van der Waals surface area contributed by atoms with E-state index in [1.54, 1.807) is 0 Å². The molecule has 16 heavy (non-hydrogen) atoms. The summed E-state index contributed by atoms with van der Waals surface area (Å²) in [6.07, 6.45) is -3.58. The van der Waals surface area contributed by atoms with Crippen LogP contribution >= 0.6 is 7.60 Å². The molecule has 0 aliphatic heterocycles. The Kier molecular flexibility index (Phi) is 5.56. The van der Waals surface area contributed by atoms with E-state index < -0.39 is 44.4 Å². The molecule has 2 unspecified atom stereocenters. The summed E-state index contributed by atoms with van der Waals surface area (Å²) in [4.78, 5) is 37.7. The molecule has 94 valence electrons. The number of carboxylic acids is 2. The minimum absolute atomic E-state index is 0.842. The molecule has 6 N–H and O–H groups in total. The zero-order chi connectivity index (χ0) is 12.9. The molecule has 0 aromatic rings. The second kappa shape index (κ2) is 5.92. The van der Waals surface area contributed by atoms with Crippen molar-refractivity contribution >= 4 is 19.5 Å². The number of aliphatic carboxylic acids is 2. The van der Waals surface area contributed by atoms with Gasteiger partial charge in [0.25, 0.3) is 0 Å². The van der Waals surface area contributed by atoms with E-state index in [2.05, 4.69) is 0 Å². The van der Waals surface area contributed by atoms with Crippen molar-refractivity contribution in [1.82, 2.24) is 5.32 Å². The molecule has 0 spiro atoms. The molecule has 0 heterocycles. The number of carboxylic acid groups (broad SMARTS) is 2. The van der Waals surface area contributed by atoms with Crippen molar-refractivity contribution in [1.29, 1.82) is 0 Å². The van der Waals surface area contributed by atoms with Crippen molar-refractivity contribution in [2.45, 2.75) is 18.6 Å². The summed E-state index contributed by atoms with van der Waals surface area (Å²) in [6, 6.07) is -1.75. The summed E-state index contributed by atoms with van der Waals surface area (Å²) in [5.74, 6) is -3.01. The molecule has 10 heteroatoms. The molecule has 0 rings (SSSR count). The third-order valence-electron chi connectivity index (χ3n) is 1.55. The molecule has 0 saturated heterocycles. The van der Waals surface area contributed by atoms with Gasteiger partial charge >= 0.3 is 19.5 Å². The first-order valence-corrected chi connectivity index (χ1v) is 5.84. The van der Waals surface area contributed by atoms with E-state index >= 15 is 0 Å². The standard InChI is InChI=1S/C6H12NO8P/c8-3(1-4(9)10)5(6(11)12)7-2-16(13,14)15/h3,5,7-8H,1-2H2,(H,9,10)(H,11,12)(H2,13,14,15). The number of hydrogen-bond donors (Lipinski definition) is 6. The molecule has 0 aromatic carbocycles. The van der Waals surface area contributed by atoms with Gasteiger partial charge in [-0.05, 0) is 0 Å². The lowest BCUT2D eigenvalue weighted by Gasteiger charge is -2.19. The molecule has 9 nitrogen and oxygen atoms in total. The maximum atomic E-state index is 10.6. The minimum Gasteiger partial charge on any atom is -0.481 e. The van der Waals surface area contributed by atoms with Crippen molar-refractivity contribution in [3.8, 4) is 0 Å². The van der Waals surface area contributed by atoms with Gasteiger partial charge in [-0.15, -0.1) is 0 Å². The molecular weight excluding hydrogens is 245 g/mol. The Morgan fingerprint density at radius 3 is 2.06 bits per heavy atom. The average molecular weight is 257 g/mol. The molecular formula is C6H12NO8P. The summed E-state index contributed by atoms with van der Waals surface area (Å²) in [7, 11) is -4.47. The van der Waals surface area contributed by atoms with E-state index in [0.29, 0.717) is 0 Å². The summed E-state index contributed by atoms with van der Waals surface area (Å²) < 4.78 is 10.4. The van der Waals surface area contributed by atoms with Crippen molar-refractivity contribution in [2.24, 2.45) is 0 Å². The predicted octanol–water partition coefficient (Wildman–Crippen LogP) is -2.00. The van der Waals surface area contributed by atoms with Crippen LogP contribution < -0.4 is 5.32 Å². The summed E-state index contributed by atoms with van der Waals surface area (Å²) in [6.45, 7) is 0. The molecule has 0 aliphatic carbocycles. The van der Waals surface area contributed by atoms with Crippen molar-refractivity contribution in [2.75, 3.05) is 6.29 Å². The van der Waals surface area contributed by atoms with Gasteiger partial charge < -0.3 is 25.1 Å². The molecule has 0 fully saturated rings. The quantitative estimate of drug-likeness (QED) is 0.283. The second-order valence-corrected chi connectivity index (χ2v) is 4.65. The lowest BCUT2D eigenvalue weighted by Crippen LogP contribution is -2.47.